The van der Waals surface area contributed by atoms with Crippen LogP contribution in [0.15, 0.2) is 10.4 Å². The van der Waals surface area contributed by atoms with E-state index < -0.39 is 0 Å². The van der Waals surface area contributed by atoms with E-state index in [1.54, 1.807) is 11.3 Å². The van der Waals surface area contributed by atoms with Gasteiger partial charge < -0.3 is 15.5 Å². The summed E-state index contributed by atoms with van der Waals surface area (Å²) in [6, 6.07) is 0. The van der Waals surface area contributed by atoms with Crippen LogP contribution >= 0.6 is 11.3 Å². The van der Waals surface area contributed by atoms with Gasteiger partial charge in [0.2, 0.25) is 5.91 Å². The highest BCUT2D eigenvalue weighted by Gasteiger charge is 2.17. The molecule has 0 saturated carbocycles. The second-order valence-electron chi connectivity index (χ2n) is 8.36. The lowest BCUT2D eigenvalue weighted by Crippen LogP contribution is -2.38. The zero-order chi connectivity index (χ0) is 20.4. The molecule has 0 bridgehead atoms. The van der Waals surface area contributed by atoms with Gasteiger partial charge in [0.15, 0.2) is 5.96 Å². The average molecular weight is 408 g/mol. The zero-order valence-electron chi connectivity index (χ0n) is 18.0. The Hall–Kier alpha value is -1.63. The van der Waals surface area contributed by atoms with E-state index in [-0.39, 0.29) is 5.41 Å². The second kappa shape index (κ2) is 11.4. The molecule has 1 aliphatic rings. The molecule has 0 aromatic carbocycles. The van der Waals surface area contributed by atoms with Crippen molar-refractivity contribution >= 4 is 23.2 Å². The first kappa shape index (κ1) is 22.7. The number of aliphatic imine (C=N–C) groups is 1. The lowest BCUT2D eigenvalue weighted by atomic mass is 9.93. The van der Waals surface area contributed by atoms with Gasteiger partial charge in [-0.1, -0.05) is 27.2 Å². The van der Waals surface area contributed by atoms with Crippen molar-refractivity contribution in [1.29, 1.82) is 0 Å². The molecule has 2 N–H and O–H groups in total. The van der Waals surface area contributed by atoms with Gasteiger partial charge in [-0.15, -0.1) is 11.3 Å². The van der Waals surface area contributed by atoms with E-state index in [2.05, 4.69) is 48.7 Å². The van der Waals surface area contributed by atoms with Crippen LogP contribution in [0.5, 0.6) is 0 Å². The van der Waals surface area contributed by atoms with Gasteiger partial charge in [0.05, 0.1) is 10.7 Å². The summed E-state index contributed by atoms with van der Waals surface area (Å²) in [5, 5.41) is 10.0. The van der Waals surface area contributed by atoms with Crippen LogP contribution in [0.2, 0.25) is 0 Å². The number of hydrogen-bond donors (Lipinski definition) is 2. The predicted molar refractivity (Wildman–Crippen MR) is 118 cm³/mol. The molecule has 1 fully saturated rings. The quantitative estimate of drug-likeness (QED) is 0.394. The van der Waals surface area contributed by atoms with Gasteiger partial charge in [-0.05, 0) is 26.2 Å². The summed E-state index contributed by atoms with van der Waals surface area (Å²) in [7, 11) is 0. The Labute approximate surface area is 174 Å². The number of nitrogens with one attached hydrogen (secondary N) is 2. The minimum absolute atomic E-state index is 0.104. The molecule has 7 heteroatoms. The standard InChI is InChI=1S/C21H37N5OS/c1-5-22-20(23-12-9-15-26-14-8-6-7-10-19(26)27)24-13-11-18-25-17(16-28-18)21(2,3)4/h16H,5-15H2,1-4H3,(H2,22,23,24). The number of hydrogen-bond acceptors (Lipinski definition) is 4. The predicted octanol–water partition coefficient (Wildman–Crippen LogP) is 3.33. The molecule has 1 aromatic rings. The van der Waals surface area contributed by atoms with E-state index in [4.69, 9.17) is 4.98 Å². The Balaban J connectivity index is 1.74. The van der Waals surface area contributed by atoms with Crippen LogP contribution in [0.3, 0.4) is 0 Å². The number of rotatable bonds is 8. The SMILES string of the molecule is CCNC(=NCCCN1CCCCCC1=O)NCCc1nc(C(C)(C)C)cs1. The van der Waals surface area contributed by atoms with E-state index in [0.29, 0.717) is 12.3 Å². The van der Waals surface area contributed by atoms with Gasteiger partial charge in [-0.2, -0.15) is 0 Å². The summed E-state index contributed by atoms with van der Waals surface area (Å²) in [6.45, 7) is 12.8. The highest BCUT2D eigenvalue weighted by molar-refractivity contribution is 7.09. The number of carbonyl (C=O) groups excluding carboxylic acids is 1. The largest absolute Gasteiger partial charge is 0.357 e. The van der Waals surface area contributed by atoms with Crippen LogP contribution < -0.4 is 10.6 Å². The number of likely N-dealkylation sites (tertiary alicyclic amines) is 1. The molecule has 2 rings (SSSR count). The summed E-state index contributed by atoms with van der Waals surface area (Å²) < 4.78 is 0. The first-order valence-electron chi connectivity index (χ1n) is 10.6. The summed E-state index contributed by atoms with van der Waals surface area (Å²) in [5.74, 6) is 1.15. The minimum atomic E-state index is 0.104. The van der Waals surface area contributed by atoms with Crippen LogP contribution in [0.25, 0.3) is 0 Å². The molecule has 1 saturated heterocycles. The molecule has 0 radical (unpaired) electrons. The van der Waals surface area contributed by atoms with Gasteiger partial charge in [0.1, 0.15) is 0 Å². The maximum absolute atomic E-state index is 12.0. The maximum atomic E-state index is 12.0. The summed E-state index contributed by atoms with van der Waals surface area (Å²) in [6.07, 6.45) is 5.86. The Morgan fingerprint density at radius 3 is 2.82 bits per heavy atom. The molecule has 0 spiro atoms. The fourth-order valence-corrected chi connectivity index (χ4v) is 4.15. The van der Waals surface area contributed by atoms with Crippen molar-refractivity contribution in [3.8, 4) is 0 Å². The monoisotopic (exact) mass is 407 g/mol. The number of amides is 1. The summed E-state index contributed by atoms with van der Waals surface area (Å²) >= 11 is 1.73. The van der Waals surface area contributed by atoms with Gasteiger partial charge in [0, 0.05) is 56.4 Å². The Morgan fingerprint density at radius 1 is 1.29 bits per heavy atom. The number of guanidine groups is 1. The number of nitrogens with zero attached hydrogens (tertiary/aromatic N) is 3. The third-order valence-corrected chi connectivity index (χ3v) is 5.73. The van der Waals surface area contributed by atoms with Gasteiger partial charge >= 0.3 is 0 Å². The molecular weight excluding hydrogens is 370 g/mol. The van der Waals surface area contributed by atoms with Crippen molar-refractivity contribution in [3.05, 3.63) is 16.1 Å². The van der Waals surface area contributed by atoms with E-state index in [1.807, 2.05) is 4.90 Å². The first-order valence-corrected chi connectivity index (χ1v) is 11.5. The summed E-state index contributed by atoms with van der Waals surface area (Å²) in [4.78, 5) is 23.5. The molecule has 1 aliphatic heterocycles. The second-order valence-corrected chi connectivity index (χ2v) is 9.30. The van der Waals surface area contributed by atoms with Crippen LogP contribution in [-0.2, 0) is 16.6 Å². The van der Waals surface area contributed by atoms with Gasteiger partial charge in [0.25, 0.3) is 0 Å². The molecule has 2 heterocycles. The molecule has 28 heavy (non-hydrogen) atoms. The summed E-state index contributed by atoms with van der Waals surface area (Å²) in [5.41, 5.74) is 1.27. The molecule has 1 amide bonds. The van der Waals surface area contributed by atoms with Crippen LogP contribution in [0, 0.1) is 0 Å². The van der Waals surface area contributed by atoms with Crippen molar-refractivity contribution in [1.82, 2.24) is 20.5 Å². The maximum Gasteiger partial charge on any atom is 0.222 e. The third kappa shape index (κ3) is 7.78. The highest BCUT2D eigenvalue weighted by Crippen LogP contribution is 2.23. The number of carbonyl (C=O) groups is 1. The van der Waals surface area contributed by atoms with E-state index in [1.165, 1.54) is 6.42 Å². The van der Waals surface area contributed by atoms with E-state index in [9.17, 15) is 4.79 Å². The molecule has 0 atom stereocenters. The van der Waals surface area contributed by atoms with Crippen LogP contribution in [0.4, 0.5) is 0 Å². The Bertz CT molecular complexity index is 635. The fourth-order valence-electron chi connectivity index (χ4n) is 3.13. The minimum Gasteiger partial charge on any atom is -0.357 e. The topological polar surface area (TPSA) is 69.6 Å². The Kier molecular flexibility index (Phi) is 9.22. The molecule has 1 aromatic heterocycles. The van der Waals surface area contributed by atoms with Crippen molar-refractivity contribution < 1.29 is 4.79 Å². The zero-order valence-corrected chi connectivity index (χ0v) is 18.8. The van der Waals surface area contributed by atoms with Crippen molar-refractivity contribution in [2.75, 3.05) is 32.7 Å². The van der Waals surface area contributed by atoms with E-state index in [0.717, 1.165) is 75.1 Å². The lowest BCUT2D eigenvalue weighted by Gasteiger charge is -2.20. The average Bonchev–Trinajstić information content (AvgIpc) is 3.03. The molecular formula is C21H37N5OS. The van der Waals surface area contributed by atoms with Gasteiger partial charge in [-0.25, -0.2) is 4.98 Å². The highest BCUT2D eigenvalue weighted by atomic mass is 32.1. The third-order valence-electron chi connectivity index (χ3n) is 4.82. The first-order chi connectivity index (χ1) is 13.4. The number of thiazole rings is 1. The smallest absolute Gasteiger partial charge is 0.222 e. The number of aromatic nitrogens is 1. The molecule has 0 unspecified atom stereocenters. The van der Waals surface area contributed by atoms with Gasteiger partial charge in [-0.3, -0.25) is 9.79 Å². The van der Waals surface area contributed by atoms with Crippen molar-refractivity contribution in [2.45, 2.75) is 71.6 Å². The van der Waals surface area contributed by atoms with E-state index >= 15 is 0 Å². The Morgan fingerprint density at radius 2 is 2.11 bits per heavy atom. The van der Waals surface area contributed by atoms with Crippen molar-refractivity contribution in [3.63, 3.8) is 0 Å². The molecule has 6 nitrogen and oxygen atoms in total. The lowest BCUT2D eigenvalue weighted by molar-refractivity contribution is -0.130. The molecule has 158 valence electrons. The molecule has 0 aliphatic carbocycles. The van der Waals surface area contributed by atoms with Crippen molar-refractivity contribution in [2.24, 2.45) is 4.99 Å². The van der Waals surface area contributed by atoms with Crippen LogP contribution in [0.1, 0.15) is 70.5 Å². The fraction of sp³-hybridized carbons (Fsp3) is 0.762. The normalized spacial score (nSPS) is 16.2. The van der Waals surface area contributed by atoms with Crippen LogP contribution in [-0.4, -0.2) is 54.5 Å².